The number of halogens is 1. The Bertz CT molecular complexity index is 461. The molecule has 6 heteroatoms. The zero-order valence-corrected chi connectivity index (χ0v) is 12.0. The summed E-state index contributed by atoms with van der Waals surface area (Å²) in [6, 6.07) is 1.33. The molecule has 0 aliphatic rings. The first-order chi connectivity index (χ1) is 8.71. The number of rotatable bonds is 6. The predicted octanol–water partition coefficient (Wildman–Crippen LogP) is 2.64. The van der Waals surface area contributed by atoms with Crippen molar-refractivity contribution in [3.63, 3.8) is 0 Å². The molecule has 1 aromatic rings. The number of hydrogen-bond acceptors (Lipinski definition) is 4. The minimum Gasteiger partial charge on any atom is -0.478 e. The summed E-state index contributed by atoms with van der Waals surface area (Å²) < 4.78 is 0. The first-order valence-electron chi connectivity index (χ1n) is 6.06. The summed E-state index contributed by atoms with van der Waals surface area (Å²) in [7, 11) is 0. The summed E-state index contributed by atoms with van der Waals surface area (Å²) in [6.07, 6.45) is 1.87. The van der Waals surface area contributed by atoms with E-state index in [1.165, 1.54) is 12.3 Å². The zero-order valence-electron chi connectivity index (χ0n) is 11.3. The topological polar surface area (TPSA) is 82.5 Å². The number of pyridine rings is 1. The molecule has 5 nitrogen and oxygen atoms in total. The van der Waals surface area contributed by atoms with E-state index < -0.39 is 11.6 Å². The summed E-state index contributed by atoms with van der Waals surface area (Å²) in [6.45, 7) is 6.09. The molecule has 0 amide bonds. The van der Waals surface area contributed by atoms with Crippen LogP contribution in [0.4, 0.5) is 5.82 Å². The second-order valence-corrected chi connectivity index (χ2v) is 5.72. The lowest BCUT2D eigenvalue weighted by molar-refractivity contribution is 0.0514. The van der Waals surface area contributed by atoms with Crippen LogP contribution in [-0.2, 0) is 0 Å². The van der Waals surface area contributed by atoms with Crippen molar-refractivity contribution in [2.24, 2.45) is 5.92 Å². The lowest BCUT2D eigenvalue weighted by atomic mass is 9.94. The van der Waals surface area contributed by atoms with Crippen LogP contribution in [-0.4, -0.2) is 33.3 Å². The van der Waals surface area contributed by atoms with Crippen molar-refractivity contribution in [1.82, 2.24) is 4.98 Å². The van der Waals surface area contributed by atoms with Gasteiger partial charge in [-0.2, -0.15) is 0 Å². The maximum atomic E-state index is 10.7. The number of hydrogen-bond donors (Lipinski definition) is 3. The Hall–Kier alpha value is -1.33. The van der Waals surface area contributed by atoms with Gasteiger partial charge in [0.2, 0.25) is 0 Å². The van der Waals surface area contributed by atoms with Gasteiger partial charge in [0.25, 0.3) is 0 Å². The Morgan fingerprint density at radius 3 is 2.68 bits per heavy atom. The van der Waals surface area contributed by atoms with Gasteiger partial charge in [-0.25, -0.2) is 9.78 Å². The summed E-state index contributed by atoms with van der Waals surface area (Å²) >= 11 is 5.94. The molecule has 1 aromatic heterocycles. The van der Waals surface area contributed by atoms with Crippen LogP contribution < -0.4 is 5.32 Å². The monoisotopic (exact) mass is 286 g/mol. The fraction of sp³-hybridized carbons (Fsp3) is 0.538. The minimum absolute atomic E-state index is 0.0319. The Balaban J connectivity index is 2.71. The highest BCUT2D eigenvalue weighted by atomic mass is 35.5. The van der Waals surface area contributed by atoms with Gasteiger partial charge in [-0.1, -0.05) is 25.4 Å². The van der Waals surface area contributed by atoms with Crippen molar-refractivity contribution in [1.29, 1.82) is 0 Å². The van der Waals surface area contributed by atoms with E-state index in [-0.39, 0.29) is 10.6 Å². The van der Waals surface area contributed by atoms with Gasteiger partial charge in [-0.3, -0.25) is 0 Å². The predicted molar refractivity (Wildman–Crippen MR) is 74.8 cm³/mol. The molecule has 3 N–H and O–H groups in total. The molecule has 1 heterocycles. The van der Waals surface area contributed by atoms with Crippen molar-refractivity contribution < 1.29 is 15.0 Å². The quantitative estimate of drug-likeness (QED) is 0.749. The first-order valence-corrected chi connectivity index (χ1v) is 6.44. The highest BCUT2D eigenvalue weighted by molar-refractivity contribution is 6.33. The number of carbonyl (C=O) groups is 1. The lowest BCUT2D eigenvalue weighted by Crippen LogP contribution is -2.35. The van der Waals surface area contributed by atoms with Crippen molar-refractivity contribution in [3.05, 3.63) is 22.8 Å². The number of aliphatic hydroxyl groups is 1. The molecule has 1 atom stereocenters. The number of carboxylic acid groups (broad SMARTS) is 1. The molecule has 0 saturated carbocycles. The van der Waals surface area contributed by atoms with Crippen LogP contribution in [0.1, 0.15) is 37.6 Å². The van der Waals surface area contributed by atoms with Crippen LogP contribution in [0, 0.1) is 5.92 Å². The molecule has 0 aliphatic heterocycles. The molecule has 106 valence electrons. The largest absolute Gasteiger partial charge is 0.478 e. The SMILES string of the molecule is CC(C)CC(C)(O)CNc1ncc(C(=O)O)cc1Cl. The fourth-order valence-corrected chi connectivity index (χ4v) is 2.14. The minimum atomic E-state index is -1.08. The molecule has 0 saturated heterocycles. The van der Waals surface area contributed by atoms with Crippen LogP contribution in [0.25, 0.3) is 0 Å². The highest BCUT2D eigenvalue weighted by Crippen LogP contribution is 2.22. The van der Waals surface area contributed by atoms with Gasteiger partial charge in [-0.15, -0.1) is 0 Å². The maximum absolute atomic E-state index is 10.7. The van der Waals surface area contributed by atoms with Gasteiger partial charge in [0.1, 0.15) is 5.82 Å². The first kappa shape index (κ1) is 15.7. The van der Waals surface area contributed by atoms with Gasteiger partial charge in [0, 0.05) is 12.7 Å². The summed E-state index contributed by atoms with van der Waals surface area (Å²) in [5, 5.41) is 22.1. The highest BCUT2D eigenvalue weighted by Gasteiger charge is 2.22. The summed E-state index contributed by atoms with van der Waals surface area (Å²) in [5.74, 6) is -0.335. The number of carboxylic acids is 1. The molecule has 0 radical (unpaired) electrons. The van der Waals surface area contributed by atoms with Crippen molar-refractivity contribution in [3.8, 4) is 0 Å². The number of nitrogens with zero attached hydrogens (tertiary/aromatic N) is 1. The van der Waals surface area contributed by atoms with Crippen LogP contribution in [0.3, 0.4) is 0 Å². The van der Waals surface area contributed by atoms with Crippen LogP contribution >= 0.6 is 11.6 Å². The molecule has 0 fully saturated rings. The lowest BCUT2D eigenvalue weighted by Gasteiger charge is -2.26. The fourth-order valence-electron chi connectivity index (χ4n) is 1.91. The van der Waals surface area contributed by atoms with Gasteiger partial charge in [-0.05, 0) is 25.3 Å². The summed E-state index contributed by atoms with van der Waals surface area (Å²) in [4.78, 5) is 14.7. The third-order valence-corrected chi connectivity index (χ3v) is 2.86. The number of nitrogens with one attached hydrogen (secondary N) is 1. The van der Waals surface area contributed by atoms with E-state index in [1.54, 1.807) is 6.92 Å². The van der Waals surface area contributed by atoms with E-state index in [2.05, 4.69) is 10.3 Å². The summed E-state index contributed by atoms with van der Waals surface area (Å²) in [5.41, 5.74) is -0.838. The van der Waals surface area contributed by atoms with Gasteiger partial charge >= 0.3 is 5.97 Å². The molecular formula is C13H19ClN2O3. The Morgan fingerprint density at radius 2 is 2.21 bits per heavy atom. The molecule has 0 bridgehead atoms. The molecule has 0 spiro atoms. The van der Waals surface area contributed by atoms with Crippen LogP contribution in [0.15, 0.2) is 12.3 Å². The second kappa shape index (κ2) is 6.21. The molecule has 0 aromatic carbocycles. The smallest absolute Gasteiger partial charge is 0.337 e. The normalized spacial score (nSPS) is 14.2. The molecule has 19 heavy (non-hydrogen) atoms. The van der Waals surface area contributed by atoms with Gasteiger partial charge in [0.05, 0.1) is 16.2 Å². The van der Waals surface area contributed by atoms with Crippen LogP contribution in [0.2, 0.25) is 5.02 Å². The molecule has 1 rings (SSSR count). The standard InChI is InChI=1S/C13H19ClN2O3/c1-8(2)5-13(3,19)7-16-11-10(14)4-9(6-15-11)12(17)18/h4,6,8,19H,5,7H2,1-3H3,(H,15,16)(H,17,18). The molecular weight excluding hydrogens is 268 g/mol. The van der Waals surface area contributed by atoms with Crippen LogP contribution in [0.5, 0.6) is 0 Å². The van der Waals surface area contributed by atoms with E-state index in [0.29, 0.717) is 24.7 Å². The third kappa shape index (κ3) is 5.04. The third-order valence-electron chi connectivity index (χ3n) is 2.57. The maximum Gasteiger partial charge on any atom is 0.337 e. The van der Waals surface area contributed by atoms with E-state index >= 15 is 0 Å². The molecule has 1 unspecified atom stereocenters. The zero-order chi connectivity index (χ0) is 14.6. The van der Waals surface area contributed by atoms with Gasteiger partial charge < -0.3 is 15.5 Å². The van der Waals surface area contributed by atoms with Crippen molar-refractivity contribution >= 4 is 23.4 Å². The number of anilines is 1. The average Bonchev–Trinajstić information content (AvgIpc) is 2.25. The second-order valence-electron chi connectivity index (χ2n) is 5.31. The van der Waals surface area contributed by atoms with Crippen molar-refractivity contribution in [2.75, 3.05) is 11.9 Å². The Morgan fingerprint density at radius 1 is 1.58 bits per heavy atom. The van der Waals surface area contributed by atoms with Crippen molar-refractivity contribution in [2.45, 2.75) is 32.8 Å². The van der Waals surface area contributed by atoms with E-state index in [1.807, 2.05) is 13.8 Å². The Labute approximate surface area is 117 Å². The number of aromatic nitrogens is 1. The van der Waals surface area contributed by atoms with E-state index in [4.69, 9.17) is 16.7 Å². The van der Waals surface area contributed by atoms with E-state index in [9.17, 15) is 9.90 Å². The Kier molecular flexibility index (Phi) is 5.14. The molecule has 0 aliphatic carbocycles. The average molecular weight is 287 g/mol. The van der Waals surface area contributed by atoms with Gasteiger partial charge in [0.15, 0.2) is 0 Å². The van der Waals surface area contributed by atoms with E-state index in [0.717, 1.165) is 0 Å². The number of aromatic carboxylic acids is 1.